The predicted molar refractivity (Wildman–Crippen MR) is 91.6 cm³/mol. The van der Waals surface area contributed by atoms with E-state index < -0.39 is 17.8 Å². The van der Waals surface area contributed by atoms with Gasteiger partial charge in [-0.2, -0.15) is 4.98 Å². The molecule has 26 heavy (non-hydrogen) atoms. The second kappa shape index (κ2) is 7.77. The quantitative estimate of drug-likeness (QED) is 0.848. The van der Waals surface area contributed by atoms with Crippen molar-refractivity contribution in [3.8, 4) is 0 Å². The zero-order chi connectivity index (χ0) is 18.7. The van der Waals surface area contributed by atoms with Crippen LogP contribution in [0.5, 0.6) is 0 Å². The molecule has 2 heterocycles. The van der Waals surface area contributed by atoms with Crippen molar-refractivity contribution in [3.05, 3.63) is 56.4 Å². The molecule has 1 aromatic carbocycles. The van der Waals surface area contributed by atoms with E-state index in [1.807, 2.05) is 0 Å². The van der Waals surface area contributed by atoms with Gasteiger partial charge in [0, 0.05) is 24.8 Å². The topological polar surface area (TPSA) is 89.0 Å². The number of nitrogens with one attached hydrogen (secondary N) is 2. The fourth-order valence-electron chi connectivity index (χ4n) is 2.98. The fourth-order valence-corrected chi connectivity index (χ4v) is 2.98. The number of aromatic amines is 1. The van der Waals surface area contributed by atoms with Gasteiger partial charge >= 0.3 is 11.4 Å². The van der Waals surface area contributed by atoms with Crippen molar-refractivity contribution in [1.29, 1.82) is 0 Å². The van der Waals surface area contributed by atoms with E-state index in [4.69, 9.17) is 4.74 Å². The maximum Gasteiger partial charge on any atom is 0.355 e. The summed E-state index contributed by atoms with van der Waals surface area (Å²) in [6, 6.07) is 5.28. The Morgan fingerprint density at radius 3 is 2.38 bits per heavy atom. The highest BCUT2D eigenvalue weighted by Gasteiger charge is 2.20. The maximum absolute atomic E-state index is 12.6. The largest absolute Gasteiger partial charge is 0.381 e. The van der Waals surface area contributed by atoms with Crippen LogP contribution in [0.15, 0.2) is 33.9 Å². The molecule has 0 radical (unpaired) electrons. The number of halogens is 2. The maximum atomic E-state index is 12.6. The summed E-state index contributed by atoms with van der Waals surface area (Å²) in [6.45, 7) is 2.78. The van der Waals surface area contributed by atoms with Gasteiger partial charge in [0.2, 0.25) is 5.95 Å². The standard InChI is InChI=1S/C17H20F2N4O3/c1-10(11-2-4-12(5-3-11)14(18)19)20-15-21-16(24)23(17(25)22-15)13-6-8-26-9-7-13/h2-5,10,13-14H,6-9H2,1H3,(H2,20,21,22,24,25)/t10-/m0/s1. The van der Waals surface area contributed by atoms with Gasteiger partial charge in [-0.05, 0) is 25.3 Å². The summed E-state index contributed by atoms with van der Waals surface area (Å²) in [5, 5.41) is 2.93. The molecule has 0 unspecified atom stereocenters. The van der Waals surface area contributed by atoms with Gasteiger partial charge in [0.15, 0.2) is 0 Å². The van der Waals surface area contributed by atoms with Crippen LogP contribution in [0, 0.1) is 0 Å². The Hall–Kier alpha value is -2.55. The van der Waals surface area contributed by atoms with Crippen LogP contribution in [0.3, 0.4) is 0 Å². The number of hydrogen-bond acceptors (Lipinski definition) is 5. The lowest BCUT2D eigenvalue weighted by atomic mass is 10.1. The van der Waals surface area contributed by atoms with E-state index in [1.165, 1.54) is 12.1 Å². The first-order chi connectivity index (χ1) is 12.5. The molecule has 1 atom stereocenters. The Morgan fingerprint density at radius 1 is 1.19 bits per heavy atom. The Labute approximate surface area is 148 Å². The fraction of sp³-hybridized carbons (Fsp3) is 0.471. The van der Waals surface area contributed by atoms with E-state index in [1.54, 1.807) is 19.1 Å². The van der Waals surface area contributed by atoms with Gasteiger partial charge in [-0.1, -0.05) is 24.3 Å². The molecule has 9 heteroatoms. The van der Waals surface area contributed by atoms with E-state index in [0.717, 1.165) is 10.1 Å². The molecular formula is C17H20F2N4O3. The number of ether oxygens (including phenoxy) is 1. The molecule has 0 saturated carbocycles. The van der Waals surface area contributed by atoms with Crippen LogP contribution in [-0.4, -0.2) is 27.7 Å². The molecule has 2 N–H and O–H groups in total. The molecule has 0 spiro atoms. The van der Waals surface area contributed by atoms with Crippen LogP contribution in [-0.2, 0) is 4.74 Å². The highest BCUT2D eigenvalue weighted by molar-refractivity contribution is 5.32. The highest BCUT2D eigenvalue weighted by Crippen LogP contribution is 2.22. The molecule has 1 aromatic heterocycles. The van der Waals surface area contributed by atoms with Crippen molar-refractivity contribution >= 4 is 5.95 Å². The number of nitrogens with zero attached hydrogens (tertiary/aromatic N) is 2. The molecule has 1 aliphatic rings. The Kier molecular flexibility index (Phi) is 5.46. The number of anilines is 1. The van der Waals surface area contributed by atoms with Crippen LogP contribution >= 0.6 is 0 Å². The number of aromatic nitrogens is 3. The van der Waals surface area contributed by atoms with E-state index in [-0.39, 0.29) is 23.6 Å². The van der Waals surface area contributed by atoms with Crippen molar-refractivity contribution in [2.24, 2.45) is 0 Å². The average molecular weight is 366 g/mol. The monoisotopic (exact) mass is 366 g/mol. The molecule has 140 valence electrons. The molecule has 2 aromatic rings. The zero-order valence-corrected chi connectivity index (χ0v) is 14.2. The van der Waals surface area contributed by atoms with Gasteiger partial charge in [0.25, 0.3) is 6.43 Å². The van der Waals surface area contributed by atoms with E-state index in [0.29, 0.717) is 26.1 Å². The van der Waals surface area contributed by atoms with Crippen molar-refractivity contribution in [3.63, 3.8) is 0 Å². The van der Waals surface area contributed by atoms with Gasteiger partial charge < -0.3 is 10.1 Å². The summed E-state index contributed by atoms with van der Waals surface area (Å²) in [7, 11) is 0. The SMILES string of the molecule is C[C@H](Nc1nc(=O)n(C2CCOCC2)c(=O)[nH]1)c1ccc(C(F)F)cc1. The summed E-state index contributed by atoms with van der Waals surface area (Å²) in [5.41, 5.74) is -0.486. The highest BCUT2D eigenvalue weighted by atomic mass is 19.3. The minimum atomic E-state index is -2.52. The molecule has 3 rings (SSSR count). The van der Waals surface area contributed by atoms with E-state index >= 15 is 0 Å². The van der Waals surface area contributed by atoms with Gasteiger partial charge in [0.05, 0.1) is 6.04 Å². The van der Waals surface area contributed by atoms with Crippen LogP contribution in [0.25, 0.3) is 0 Å². The molecule has 0 bridgehead atoms. The Balaban J connectivity index is 1.77. The second-order valence-electron chi connectivity index (χ2n) is 6.22. The molecule has 0 amide bonds. The molecule has 7 nitrogen and oxygen atoms in total. The lowest BCUT2D eigenvalue weighted by molar-refractivity contribution is 0.0670. The number of rotatable bonds is 5. The number of alkyl halides is 2. The predicted octanol–water partition coefficient (Wildman–Crippen LogP) is 2.39. The lowest BCUT2D eigenvalue weighted by Gasteiger charge is -2.23. The first kappa shape index (κ1) is 18.2. The molecule has 1 aliphatic heterocycles. The minimum Gasteiger partial charge on any atom is -0.381 e. The summed E-state index contributed by atoms with van der Waals surface area (Å²) < 4.78 is 31.6. The third-order valence-corrected chi connectivity index (χ3v) is 4.46. The number of benzene rings is 1. The van der Waals surface area contributed by atoms with E-state index in [9.17, 15) is 18.4 Å². The average Bonchev–Trinajstić information content (AvgIpc) is 2.62. The molecule has 1 saturated heterocycles. The third-order valence-electron chi connectivity index (χ3n) is 4.46. The normalized spacial score (nSPS) is 16.6. The van der Waals surface area contributed by atoms with Crippen molar-refractivity contribution < 1.29 is 13.5 Å². The van der Waals surface area contributed by atoms with Gasteiger partial charge in [-0.25, -0.2) is 22.9 Å². The van der Waals surface area contributed by atoms with Crippen LogP contribution in [0.1, 0.15) is 49.4 Å². The Morgan fingerprint density at radius 2 is 1.81 bits per heavy atom. The lowest BCUT2D eigenvalue weighted by Crippen LogP contribution is -2.42. The van der Waals surface area contributed by atoms with Crippen LogP contribution in [0.4, 0.5) is 14.7 Å². The van der Waals surface area contributed by atoms with Crippen molar-refractivity contribution in [1.82, 2.24) is 14.5 Å². The second-order valence-corrected chi connectivity index (χ2v) is 6.22. The molecule has 0 aliphatic carbocycles. The van der Waals surface area contributed by atoms with Gasteiger partial charge in [-0.15, -0.1) is 0 Å². The van der Waals surface area contributed by atoms with Crippen LogP contribution in [0.2, 0.25) is 0 Å². The first-order valence-corrected chi connectivity index (χ1v) is 8.41. The summed E-state index contributed by atoms with van der Waals surface area (Å²) in [5.74, 6) is 0.0498. The van der Waals surface area contributed by atoms with Gasteiger partial charge in [-0.3, -0.25) is 4.98 Å². The van der Waals surface area contributed by atoms with Crippen molar-refractivity contribution in [2.45, 2.75) is 38.3 Å². The molecule has 1 fully saturated rings. The summed E-state index contributed by atoms with van der Waals surface area (Å²) >= 11 is 0. The first-order valence-electron chi connectivity index (χ1n) is 8.41. The van der Waals surface area contributed by atoms with Gasteiger partial charge in [0.1, 0.15) is 0 Å². The Bertz CT molecular complexity index is 826. The molecular weight excluding hydrogens is 346 g/mol. The summed E-state index contributed by atoms with van der Waals surface area (Å²) in [4.78, 5) is 31.0. The van der Waals surface area contributed by atoms with E-state index in [2.05, 4.69) is 15.3 Å². The van der Waals surface area contributed by atoms with Crippen molar-refractivity contribution in [2.75, 3.05) is 18.5 Å². The number of hydrogen-bond donors (Lipinski definition) is 2. The third kappa shape index (κ3) is 3.98. The minimum absolute atomic E-state index is 0.0498. The smallest absolute Gasteiger partial charge is 0.355 e. The zero-order valence-electron chi connectivity index (χ0n) is 14.2. The van der Waals surface area contributed by atoms with Crippen LogP contribution < -0.4 is 16.7 Å². The number of H-pyrrole nitrogens is 1. The summed E-state index contributed by atoms with van der Waals surface area (Å²) in [6.07, 6.45) is -1.35.